The first-order valence-corrected chi connectivity index (χ1v) is 13.2. The van der Waals surface area contributed by atoms with E-state index in [1.165, 1.54) is 0 Å². The highest BCUT2D eigenvalue weighted by Gasteiger charge is 2.34. The van der Waals surface area contributed by atoms with Gasteiger partial charge in [-0.1, -0.05) is 70.2 Å². The molecule has 36 heavy (non-hydrogen) atoms. The zero-order chi connectivity index (χ0) is 26.9. The van der Waals surface area contributed by atoms with Crippen LogP contribution in [0.3, 0.4) is 0 Å². The van der Waals surface area contributed by atoms with Crippen molar-refractivity contribution in [1.82, 2.24) is 0 Å². The standard InChI is InChI=1S/C31H44O5/c1-9-23(10-2)29(35-26-18-16-25(17-19-26)24-14-12-11-13-15-24)22(5)34-30(33)27(21(3)4)20-28(32)36-31(6,7)8/h11-19,21-23,27,29H,9-10,20H2,1-8H3/t22-,27-,29-/m0/s1. The maximum atomic E-state index is 13.2. The number of benzene rings is 2. The van der Waals surface area contributed by atoms with Crippen LogP contribution in [0, 0.1) is 17.8 Å². The fourth-order valence-electron chi connectivity index (χ4n) is 4.33. The van der Waals surface area contributed by atoms with E-state index in [1.54, 1.807) is 0 Å². The number of rotatable bonds is 12. The molecule has 2 aromatic rings. The molecule has 2 aromatic carbocycles. The first-order chi connectivity index (χ1) is 16.9. The summed E-state index contributed by atoms with van der Waals surface area (Å²) in [6.07, 6.45) is 1.02. The number of carbonyl (C=O) groups is 2. The van der Waals surface area contributed by atoms with Gasteiger partial charge in [-0.2, -0.15) is 0 Å². The number of hydrogen-bond donors (Lipinski definition) is 0. The second-order valence-corrected chi connectivity index (χ2v) is 10.8. The Bertz CT molecular complexity index is 939. The van der Waals surface area contributed by atoms with Gasteiger partial charge < -0.3 is 14.2 Å². The minimum atomic E-state index is -0.597. The van der Waals surface area contributed by atoms with Crippen LogP contribution in [-0.2, 0) is 19.1 Å². The summed E-state index contributed by atoms with van der Waals surface area (Å²) in [5.74, 6) is -0.460. The van der Waals surface area contributed by atoms with Crippen LogP contribution < -0.4 is 4.74 Å². The lowest BCUT2D eigenvalue weighted by atomic mass is 9.91. The summed E-state index contributed by atoms with van der Waals surface area (Å²) in [5.41, 5.74) is 1.66. The Morgan fingerprint density at radius 2 is 1.39 bits per heavy atom. The van der Waals surface area contributed by atoms with E-state index in [9.17, 15) is 9.59 Å². The topological polar surface area (TPSA) is 61.8 Å². The van der Waals surface area contributed by atoms with E-state index in [1.807, 2.05) is 84.0 Å². The average Bonchev–Trinajstić information content (AvgIpc) is 2.82. The van der Waals surface area contributed by atoms with Gasteiger partial charge in [-0.05, 0) is 75.6 Å². The first-order valence-electron chi connectivity index (χ1n) is 13.2. The minimum absolute atomic E-state index is 0.00204. The van der Waals surface area contributed by atoms with Crippen LogP contribution in [0.4, 0.5) is 0 Å². The third-order valence-corrected chi connectivity index (χ3v) is 6.43. The summed E-state index contributed by atoms with van der Waals surface area (Å²) in [7, 11) is 0. The maximum absolute atomic E-state index is 13.2. The highest BCUT2D eigenvalue weighted by atomic mass is 16.6. The number of hydrogen-bond acceptors (Lipinski definition) is 5. The number of esters is 2. The zero-order valence-electron chi connectivity index (χ0n) is 23.2. The molecule has 0 bridgehead atoms. The van der Waals surface area contributed by atoms with Crippen molar-refractivity contribution in [2.45, 2.75) is 92.5 Å². The van der Waals surface area contributed by atoms with Crippen molar-refractivity contribution in [3.63, 3.8) is 0 Å². The fourth-order valence-corrected chi connectivity index (χ4v) is 4.33. The van der Waals surface area contributed by atoms with Crippen molar-refractivity contribution >= 4 is 11.9 Å². The van der Waals surface area contributed by atoms with Gasteiger partial charge in [0.2, 0.25) is 0 Å². The molecule has 2 rings (SSSR count). The largest absolute Gasteiger partial charge is 0.486 e. The molecule has 0 N–H and O–H groups in total. The molecule has 198 valence electrons. The van der Waals surface area contributed by atoms with Crippen molar-refractivity contribution in [2.75, 3.05) is 0 Å². The highest BCUT2D eigenvalue weighted by molar-refractivity contribution is 5.80. The van der Waals surface area contributed by atoms with Crippen molar-refractivity contribution < 1.29 is 23.8 Å². The van der Waals surface area contributed by atoms with Crippen LogP contribution in [0.1, 0.15) is 74.7 Å². The molecule has 0 heterocycles. The molecule has 0 saturated carbocycles. The average molecular weight is 497 g/mol. The van der Waals surface area contributed by atoms with Gasteiger partial charge >= 0.3 is 11.9 Å². The normalized spacial score (nSPS) is 14.3. The molecule has 0 amide bonds. The van der Waals surface area contributed by atoms with Gasteiger partial charge in [0.05, 0.1) is 12.3 Å². The van der Waals surface area contributed by atoms with E-state index in [0.717, 1.165) is 29.7 Å². The molecule has 3 atom stereocenters. The second-order valence-electron chi connectivity index (χ2n) is 10.8. The SMILES string of the molecule is CCC(CC)[C@@H](Oc1ccc(-c2ccccc2)cc1)[C@H](C)OC(=O)[C@@H](CC(=O)OC(C)(C)C)C(C)C. The minimum Gasteiger partial charge on any atom is -0.486 e. The lowest BCUT2D eigenvalue weighted by Gasteiger charge is -2.32. The van der Waals surface area contributed by atoms with Gasteiger partial charge in [0.15, 0.2) is 0 Å². The molecule has 0 aliphatic heterocycles. The van der Waals surface area contributed by atoms with Crippen LogP contribution in [0.25, 0.3) is 11.1 Å². The van der Waals surface area contributed by atoms with Crippen LogP contribution in [0.2, 0.25) is 0 Å². The van der Waals surface area contributed by atoms with Crippen LogP contribution in [0.15, 0.2) is 54.6 Å². The van der Waals surface area contributed by atoms with Crippen molar-refractivity contribution in [3.8, 4) is 16.9 Å². The van der Waals surface area contributed by atoms with Crippen molar-refractivity contribution in [2.24, 2.45) is 17.8 Å². The Morgan fingerprint density at radius 3 is 1.89 bits per heavy atom. The summed E-state index contributed by atoms with van der Waals surface area (Å²) in [5, 5.41) is 0. The van der Waals surface area contributed by atoms with Gasteiger partial charge in [0.25, 0.3) is 0 Å². The predicted molar refractivity (Wildman–Crippen MR) is 145 cm³/mol. The molecule has 0 aliphatic carbocycles. The zero-order valence-corrected chi connectivity index (χ0v) is 23.2. The maximum Gasteiger partial charge on any atom is 0.310 e. The molecular formula is C31H44O5. The fraction of sp³-hybridized carbons (Fsp3) is 0.548. The third kappa shape index (κ3) is 9.00. The van der Waals surface area contributed by atoms with Crippen LogP contribution in [-0.4, -0.2) is 29.7 Å². The molecule has 0 spiro atoms. The molecular weight excluding hydrogens is 452 g/mol. The van der Waals surface area contributed by atoms with E-state index in [-0.39, 0.29) is 30.3 Å². The van der Waals surface area contributed by atoms with E-state index >= 15 is 0 Å². The molecule has 5 heteroatoms. The monoisotopic (exact) mass is 496 g/mol. The number of ether oxygens (including phenoxy) is 3. The second kappa shape index (κ2) is 13.5. The summed E-state index contributed by atoms with van der Waals surface area (Å²) in [6.45, 7) is 15.4. The Balaban J connectivity index is 2.15. The Morgan fingerprint density at radius 1 is 0.833 bits per heavy atom. The van der Waals surface area contributed by atoms with Crippen molar-refractivity contribution in [3.05, 3.63) is 54.6 Å². The summed E-state index contributed by atoms with van der Waals surface area (Å²) in [4.78, 5) is 25.6. The summed E-state index contributed by atoms with van der Waals surface area (Å²) < 4.78 is 17.8. The lowest BCUT2D eigenvalue weighted by Crippen LogP contribution is -2.41. The van der Waals surface area contributed by atoms with E-state index in [4.69, 9.17) is 14.2 Å². The van der Waals surface area contributed by atoms with Gasteiger partial charge in [0.1, 0.15) is 23.6 Å². The summed E-state index contributed by atoms with van der Waals surface area (Å²) in [6, 6.07) is 18.2. The lowest BCUT2D eigenvalue weighted by molar-refractivity contribution is -0.168. The smallest absolute Gasteiger partial charge is 0.310 e. The molecule has 0 aromatic heterocycles. The van der Waals surface area contributed by atoms with Gasteiger partial charge in [-0.25, -0.2) is 0 Å². The van der Waals surface area contributed by atoms with Crippen LogP contribution >= 0.6 is 0 Å². The van der Waals surface area contributed by atoms with Crippen molar-refractivity contribution in [1.29, 1.82) is 0 Å². The Hall–Kier alpha value is -2.82. The third-order valence-electron chi connectivity index (χ3n) is 6.43. The first kappa shape index (κ1) is 29.4. The van der Waals surface area contributed by atoms with Crippen LogP contribution in [0.5, 0.6) is 5.75 Å². The van der Waals surface area contributed by atoms with Gasteiger partial charge in [0, 0.05) is 0 Å². The molecule has 0 radical (unpaired) electrons. The number of carbonyl (C=O) groups excluding carboxylic acids is 2. The molecule has 0 unspecified atom stereocenters. The van der Waals surface area contributed by atoms with E-state index in [0.29, 0.717) is 0 Å². The quantitative estimate of drug-likeness (QED) is 0.285. The van der Waals surface area contributed by atoms with Gasteiger partial charge in [-0.15, -0.1) is 0 Å². The molecule has 0 saturated heterocycles. The molecule has 0 fully saturated rings. The summed E-state index contributed by atoms with van der Waals surface area (Å²) >= 11 is 0. The predicted octanol–water partition coefficient (Wildman–Crippen LogP) is 7.47. The molecule has 5 nitrogen and oxygen atoms in total. The van der Waals surface area contributed by atoms with E-state index in [2.05, 4.69) is 26.0 Å². The van der Waals surface area contributed by atoms with Gasteiger partial charge in [-0.3, -0.25) is 9.59 Å². The highest BCUT2D eigenvalue weighted by Crippen LogP contribution is 2.28. The Kier molecular flexibility index (Phi) is 11.0. The molecule has 0 aliphatic rings. The Labute approximate surface area is 217 Å². The van der Waals surface area contributed by atoms with E-state index < -0.39 is 23.6 Å².